The molecule has 0 bridgehead atoms. The van der Waals surface area contributed by atoms with Gasteiger partial charge in [-0.15, -0.1) is 0 Å². The lowest BCUT2D eigenvalue weighted by molar-refractivity contribution is -0.109. The first-order valence-electron chi connectivity index (χ1n) is 7.95. The molecule has 128 valence electrons. The molecule has 0 aliphatic heterocycles. The summed E-state index contributed by atoms with van der Waals surface area (Å²) in [5.74, 6) is 5.85. The number of amides is 1. The third kappa shape index (κ3) is 4.70. The van der Waals surface area contributed by atoms with Crippen molar-refractivity contribution in [2.75, 3.05) is 12.4 Å². The molecule has 1 amide bonds. The van der Waals surface area contributed by atoms with Gasteiger partial charge in [0.15, 0.2) is 0 Å². The van der Waals surface area contributed by atoms with Crippen molar-refractivity contribution in [3.63, 3.8) is 0 Å². The van der Waals surface area contributed by atoms with Crippen LogP contribution in [-0.2, 0) is 11.4 Å². The zero-order valence-electron chi connectivity index (χ0n) is 14.1. The second-order valence-corrected chi connectivity index (χ2v) is 5.60. The Morgan fingerprint density at radius 1 is 1.33 bits per heavy atom. The van der Waals surface area contributed by atoms with Crippen LogP contribution in [-0.4, -0.2) is 18.4 Å². The Kier molecular flexibility index (Phi) is 6.57. The molecule has 1 aromatic carbocycles. The van der Waals surface area contributed by atoms with Gasteiger partial charge in [-0.2, -0.15) is 0 Å². The van der Waals surface area contributed by atoms with E-state index < -0.39 is 0 Å². The zero-order valence-corrected chi connectivity index (χ0v) is 14.1. The van der Waals surface area contributed by atoms with Gasteiger partial charge in [0.25, 0.3) is 0 Å². The highest BCUT2D eigenvalue weighted by Gasteiger charge is 2.27. The standard InChI is InChI=1S/C17H20N2O.CH4N2O/c1-12-5-4-10-19-17(12)20-11-15-14(13-8-9-13)6-3-7-16(15)18-2;2-3-1-4/h3-7,10,13,18H,8-9,11H2,1-2H3;1H,2H2,(H,3,4). The van der Waals surface area contributed by atoms with E-state index in [0.717, 1.165) is 17.1 Å². The molecule has 24 heavy (non-hydrogen) atoms. The zero-order chi connectivity index (χ0) is 17.4. The fourth-order valence-corrected chi connectivity index (χ4v) is 2.54. The molecule has 1 saturated carbocycles. The Hall–Kier alpha value is -2.60. The molecule has 4 N–H and O–H groups in total. The highest BCUT2D eigenvalue weighted by atomic mass is 16.5. The molecule has 1 fully saturated rings. The van der Waals surface area contributed by atoms with Crippen molar-refractivity contribution in [2.45, 2.75) is 32.3 Å². The van der Waals surface area contributed by atoms with Crippen LogP contribution in [0.2, 0.25) is 0 Å². The molecular formula is C18H24N4O2. The van der Waals surface area contributed by atoms with Crippen LogP contribution in [0.15, 0.2) is 36.5 Å². The Balaban J connectivity index is 0.000000471. The molecule has 0 radical (unpaired) electrons. The van der Waals surface area contributed by atoms with Crippen molar-refractivity contribution in [1.29, 1.82) is 0 Å². The van der Waals surface area contributed by atoms with Gasteiger partial charge in [-0.3, -0.25) is 10.2 Å². The molecule has 6 heteroatoms. The lowest BCUT2D eigenvalue weighted by Gasteiger charge is -2.15. The van der Waals surface area contributed by atoms with Crippen LogP contribution in [0.3, 0.4) is 0 Å². The van der Waals surface area contributed by atoms with Gasteiger partial charge >= 0.3 is 0 Å². The summed E-state index contributed by atoms with van der Waals surface area (Å²) in [6.45, 7) is 2.59. The van der Waals surface area contributed by atoms with Gasteiger partial charge < -0.3 is 10.1 Å². The highest BCUT2D eigenvalue weighted by Crippen LogP contribution is 2.43. The number of anilines is 1. The van der Waals surface area contributed by atoms with E-state index in [1.807, 2.05) is 26.1 Å². The van der Waals surface area contributed by atoms with E-state index >= 15 is 0 Å². The largest absolute Gasteiger partial charge is 0.473 e. The van der Waals surface area contributed by atoms with Crippen LogP contribution >= 0.6 is 0 Å². The molecule has 1 aromatic heterocycles. The van der Waals surface area contributed by atoms with Crippen LogP contribution in [0.4, 0.5) is 5.69 Å². The molecule has 1 heterocycles. The van der Waals surface area contributed by atoms with Gasteiger partial charge in [0.1, 0.15) is 6.61 Å². The summed E-state index contributed by atoms with van der Waals surface area (Å²) in [4.78, 5) is 13.2. The Morgan fingerprint density at radius 2 is 2.08 bits per heavy atom. The maximum Gasteiger partial charge on any atom is 0.221 e. The number of hydrogen-bond donors (Lipinski definition) is 3. The fraction of sp³-hybridized carbons (Fsp3) is 0.333. The number of nitrogens with two attached hydrogens (primary N) is 1. The van der Waals surface area contributed by atoms with Gasteiger partial charge in [-0.05, 0) is 43.4 Å². The number of ether oxygens (including phenoxy) is 1. The second kappa shape index (κ2) is 8.88. The molecule has 0 saturated heterocycles. The SMILES string of the molecule is CNc1cccc(C2CC2)c1COc1ncccc1C.NNC=O. The molecular weight excluding hydrogens is 304 g/mol. The molecule has 0 atom stereocenters. The van der Waals surface area contributed by atoms with Crippen molar-refractivity contribution in [2.24, 2.45) is 5.84 Å². The van der Waals surface area contributed by atoms with E-state index in [2.05, 4.69) is 34.3 Å². The summed E-state index contributed by atoms with van der Waals surface area (Å²) in [6.07, 6.45) is 4.76. The number of pyridine rings is 1. The Bertz CT molecular complexity index is 672. The maximum atomic E-state index is 8.94. The number of rotatable bonds is 6. The van der Waals surface area contributed by atoms with E-state index in [0.29, 0.717) is 18.9 Å². The summed E-state index contributed by atoms with van der Waals surface area (Å²) in [6, 6.07) is 10.4. The highest BCUT2D eigenvalue weighted by molar-refractivity contribution is 5.56. The van der Waals surface area contributed by atoms with Crippen molar-refractivity contribution in [3.8, 4) is 5.88 Å². The van der Waals surface area contributed by atoms with Crippen LogP contribution in [0.25, 0.3) is 0 Å². The number of benzene rings is 1. The molecule has 3 rings (SSSR count). The van der Waals surface area contributed by atoms with E-state index in [1.54, 1.807) is 11.6 Å². The topological polar surface area (TPSA) is 89.3 Å². The van der Waals surface area contributed by atoms with Crippen LogP contribution in [0.5, 0.6) is 5.88 Å². The van der Waals surface area contributed by atoms with Gasteiger partial charge in [0.2, 0.25) is 12.3 Å². The second-order valence-electron chi connectivity index (χ2n) is 5.60. The number of hydrazine groups is 1. The summed E-state index contributed by atoms with van der Waals surface area (Å²) in [5, 5.41) is 3.27. The molecule has 6 nitrogen and oxygen atoms in total. The number of hydrogen-bond acceptors (Lipinski definition) is 5. The van der Waals surface area contributed by atoms with Crippen LogP contribution in [0, 0.1) is 6.92 Å². The van der Waals surface area contributed by atoms with Crippen LogP contribution < -0.4 is 21.3 Å². The first-order valence-corrected chi connectivity index (χ1v) is 7.95. The minimum Gasteiger partial charge on any atom is -0.473 e. The summed E-state index contributed by atoms with van der Waals surface area (Å²) in [7, 11) is 1.96. The number of carbonyl (C=O) groups excluding carboxylic acids is 1. The van der Waals surface area contributed by atoms with E-state index in [-0.39, 0.29) is 0 Å². The number of nitrogens with zero attached hydrogens (tertiary/aromatic N) is 1. The summed E-state index contributed by atoms with van der Waals surface area (Å²) in [5.41, 5.74) is 6.67. The average molecular weight is 328 g/mol. The lowest BCUT2D eigenvalue weighted by atomic mass is 10.0. The average Bonchev–Trinajstić information content (AvgIpc) is 3.46. The summed E-state index contributed by atoms with van der Waals surface area (Å²) < 4.78 is 5.93. The number of aromatic nitrogens is 1. The molecule has 0 unspecified atom stereocenters. The number of aryl methyl sites for hydroxylation is 1. The van der Waals surface area contributed by atoms with E-state index in [4.69, 9.17) is 9.53 Å². The van der Waals surface area contributed by atoms with E-state index in [9.17, 15) is 0 Å². The van der Waals surface area contributed by atoms with Crippen molar-refractivity contribution in [3.05, 3.63) is 53.2 Å². The van der Waals surface area contributed by atoms with Crippen molar-refractivity contribution < 1.29 is 9.53 Å². The van der Waals surface area contributed by atoms with E-state index in [1.165, 1.54) is 24.0 Å². The minimum absolute atomic E-state index is 0.403. The Morgan fingerprint density at radius 3 is 2.67 bits per heavy atom. The lowest BCUT2D eigenvalue weighted by Crippen LogP contribution is -2.18. The van der Waals surface area contributed by atoms with Crippen LogP contribution in [0.1, 0.15) is 35.4 Å². The first kappa shape index (κ1) is 17.7. The predicted octanol–water partition coefficient (Wildman–Crippen LogP) is 2.49. The molecule has 1 aliphatic carbocycles. The molecule has 2 aromatic rings. The van der Waals surface area contributed by atoms with Gasteiger partial charge in [0, 0.05) is 30.1 Å². The summed E-state index contributed by atoms with van der Waals surface area (Å²) >= 11 is 0. The van der Waals surface area contributed by atoms with Gasteiger partial charge in [-0.25, -0.2) is 10.8 Å². The first-order chi connectivity index (χ1) is 11.7. The van der Waals surface area contributed by atoms with Crippen molar-refractivity contribution >= 4 is 12.1 Å². The fourth-order valence-electron chi connectivity index (χ4n) is 2.54. The number of carbonyl (C=O) groups is 1. The number of nitrogens with one attached hydrogen (secondary N) is 2. The monoisotopic (exact) mass is 328 g/mol. The molecule has 0 spiro atoms. The normalized spacial score (nSPS) is 12.6. The van der Waals surface area contributed by atoms with Crippen molar-refractivity contribution in [1.82, 2.24) is 10.4 Å². The quantitative estimate of drug-likeness (QED) is 0.328. The minimum atomic E-state index is 0.403. The predicted molar refractivity (Wildman–Crippen MR) is 94.7 cm³/mol. The third-order valence-electron chi connectivity index (χ3n) is 3.88. The van der Waals surface area contributed by atoms with Gasteiger partial charge in [0.05, 0.1) is 0 Å². The van der Waals surface area contributed by atoms with Gasteiger partial charge in [-0.1, -0.05) is 18.2 Å². The smallest absolute Gasteiger partial charge is 0.221 e. The third-order valence-corrected chi connectivity index (χ3v) is 3.88. The molecule has 1 aliphatic rings. The Labute approximate surface area is 142 Å². The maximum absolute atomic E-state index is 8.94.